The highest BCUT2D eigenvalue weighted by molar-refractivity contribution is 5.99. The summed E-state index contributed by atoms with van der Waals surface area (Å²) in [6, 6.07) is 23.4. The maximum atomic E-state index is 14.3. The van der Waals surface area contributed by atoms with Gasteiger partial charge in [0.25, 0.3) is 23.6 Å². The van der Waals surface area contributed by atoms with Crippen molar-refractivity contribution in [2.75, 3.05) is 0 Å². The second-order valence-corrected chi connectivity index (χ2v) is 15.5. The molecular weight excluding hydrogens is 958 g/mol. The number of amides is 4. The zero-order valence-corrected chi connectivity index (χ0v) is 36.5. The van der Waals surface area contributed by atoms with E-state index in [0.717, 1.165) is 45.3 Å². The molecule has 0 spiro atoms. The van der Waals surface area contributed by atoms with Gasteiger partial charge in [-0.1, -0.05) is 42.5 Å². The Morgan fingerprint density at radius 2 is 1.00 bits per heavy atom. The molecule has 7 heterocycles. The molecule has 4 amide bonds. The lowest BCUT2D eigenvalue weighted by atomic mass is 10.2. The van der Waals surface area contributed by atoms with Crippen molar-refractivity contribution in [2.45, 2.75) is 32.4 Å². The van der Waals surface area contributed by atoms with Gasteiger partial charge >= 0.3 is 17.7 Å². The van der Waals surface area contributed by atoms with Gasteiger partial charge in [-0.05, 0) is 58.7 Å². The first-order chi connectivity index (χ1) is 34.6. The lowest BCUT2D eigenvalue weighted by molar-refractivity contribution is -0.141. The number of carbonyl (C=O) groups excluding carboxylic acids is 4. The van der Waals surface area contributed by atoms with E-state index in [2.05, 4.69) is 56.4 Å². The zero-order chi connectivity index (χ0) is 50.7. The first-order valence-electron chi connectivity index (χ1n) is 21.1. The van der Waals surface area contributed by atoms with Crippen molar-refractivity contribution in [3.63, 3.8) is 0 Å². The quantitative estimate of drug-likeness (QED) is 0.0904. The standard InChI is InChI=1S/C23H15F4N7O4.C23H17FN6O4/c24-13-10-31-34-16(21(36)30-9-12-3-4-28-18(6-12)23(25,26)27)7-15(32-19(13)34)20(35)29-8-11-1-2-17-14(5-11)33-22(37)38-17;24-15-12-27-30-18(22(32)26-10-13-4-2-1-3-5-13)9-17(28-20(15)30)21(31)25-11-14-6-7-19-16(8-14)29-23(33)34-19/h1-7,10H,8-9H2,(H,29,35)(H,30,36)(H,33,37);1-9,12H,10-11H2,(H,25,31)(H,26,32)(H,29,33). The van der Waals surface area contributed by atoms with Gasteiger partial charge in [0.2, 0.25) is 0 Å². The molecule has 6 N–H and O–H groups in total. The van der Waals surface area contributed by atoms with Crippen LogP contribution in [0.15, 0.2) is 128 Å². The summed E-state index contributed by atoms with van der Waals surface area (Å²) < 4.78 is 79.1. The Balaban J connectivity index is 0.000000179. The molecule has 3 aromatic carbocycles. The summed E-state index contributed by atoms with van der Waals surface area (Å²) in [6.07, 6.45) is -1.96. The van der Waals surface area contributed by atoms with Crippen LogP contribution in [0, 0.1) is 11.6 Å². The molecular formula is C46H32F5N13O8. The van der Waals surface area contributed by atoms with Crippen LogP contribution in [0.1, 0.15) is 69.9 Å². The van der Waals surface area contributed by atoms with Gasteiger partial charge in [0, 0.05) is 44.5 Å². The van der Waals surface area contributed by atoms with Crippen molar-refractivity contribution in [3.05, 3.63) is 193 Å². The molecule has 0 saturated carbocycles. The number of benzene rings is 3. The predicted molar refractivity (Wildman–Crippen MR) is 240 cm³/mol. The molecule has 0 unspecified atom stereocenters. The second-order valence-electron chi connectivity index (χ2n) is 15.5. The fourth-order valence-electron chi connectivity index (χ4n) is 7.07. The fraction of sp³-hybridized carbons (Fsp3) is 0.109. The van der Waals surface area contributed by atoms with Gasteiger partial charge in [0.05, 0.1) is 23.4 Å². The number of aromatic amines is 2. The average Bonchev–Trinajstić information content (AvgIpc) is 4.16. The number of pyridine rings is 1. The first-order valence-corrected chi connectivity index (χ1v) is 21.1. The lowest BCUT2D eigenvalue weighted by Gasteiger charge is -2.11. The van der Waals surface area contributed by atoms with E-state index in [9.17, 15) is 50.7 Å². The molecule has 0 radical (unpaired) electrons. The summed E-state index contributed by atoms with van der Waals surface area (Å²) in [4.78, 5) is 90.2. The van der Waals surface area contributed by atoms with Gasteiger partial charge in [-0.3, -0.25) is 34.1 Å². The number of H-pyrrole nitrogens is 2. The first kappa shape index (κ1) is 47.2. The number of rotatable bonds is 12. The number of fused-ring (bicyclic) bond motifs is 4. The molecule has 0 aliphatic rings. The third-order valence-corrected chi connectivity index (χ3v) is 10.5. The van der Waals surface area contributed by atoms with Gasteiger partial charge in [-0.15, -0.1) is 0 Å². The highest BCUT2D eigenvalue weighted by Gasteiger charge is 2.32. The average molecular weight is 990 g/mol. The summed E-state index contributed by atoms with van der Waals surface area (Å²) in [5, 5.41) is 18.1. The number of carbonyl (C=O) groups is 4. The van der Waals surface area contributed by atoms with Crippen molar-refractivity contribution in [2.24, 2.45) is 0 Å². The molecule has 0 aliphatic heterocycles. The number of nitrogens with zero attached hydrogens (tertiary/aromatic N) is 7. The monoisotopic (exact) mass is 989 g/mol. The van der Waals surface area contributed by atoms with E-state index in [4.69, 9.17) is 8.83 Å². The number of hydrogen-bond donors (Lipinski definition) is 6. The second kappa shape index (κ2) is 19.6. The summed E-state index contributed by atoms with van der Waals surface area (Å²) >= 11 is 0. The highest BCUT2D eigenvalue weighted by Crippen LogP contribution is 2.28. The van der Waals surface area contributed by atoms with E-state index < -0.39 is 64.3 Å². The van der Waals surface area contributed by atoms with Crippen LogP contribution >= 0.6 is 0 Å². The third kappa shape index (κ3) is 10.4. The summed E-state index contributed by atoms with van der Waals surface area (Å²) in [7, 11) is 0. The van der Waals surface area contributed by atoms with Gasteiger partial charge in [0.1, 0.15) is 28.5 Å². The van der Waals surface area contributed by atoms with Crippen molar-refractivity contribution >= 4 is 57.1 Å². The SMILES string of the molecule is O=C(NCc1ccc2oc(=O)[nH]c2c1)c1cc(C(=O)NCc2ccccc2)n2ncc(F)c2n1.O=C(NCc1ccc2oc(=O)[nH]c2c1)c1cc(C(=O)NCc2ccnc(C(F)(F)F)c2)n2ncc(F)c2n1. The molecule has 0 aliphatic carbocycles. The summed E-state index contributed by atoms with van der Waals surface area (Å²) in [5.41, 5.74) is 1.43. The summed E-state index contributed by atoms with van der Waals surface area (Å²) in [5.74, 6) is -5.59. The van der Waals surface area contributed by atoms with Gasteiger partial charge in [-0.2, -0.15) is 23.4 Å². The number of alkyl halides is 3. The molecule has 72 heavy (non-hydrogen) atoms. The number of oxazole rings is 2. The molecule has 21 nitrogen and oxygen atoms in total. The van der Waals surface area contributed by atoms with Crippen LogP contribution in [0.25, 0.3) is 33.5 Å². The Morgan fingerprint density at radius 3 is 1.47 bits per heavy atom. The summed E-state index contributed by atoms with van der Waals surface area (Å²) in [6.45, 7) is 0.0410. The van der Waals surface area contributed by atoms with Crippen molar-refractivity contribution in [1.82, 2.24) is 65.4 Å². The number of halogens is 5. The molecule has 10 rings (SSSR count). The van der Waals surface area contributed by atoms with E-state index in [1.165, 1.54) is 12.1 Å². The molecule has 10 aromatic rings. The highest BCUT2D eigenvalue weighted by atomic mass is 19.4. The normalized spacial score (nSPS) is 11.4. The minimum Gasteiger partial charge on any atom is -0.408 e. The zero-order valence-electron chi connectivity index (χ0n) is 36.5. The van der Waals surface area contributed by atoms with Crippen LogP contribution in [0.4, 0.5) is 22.0 Å². The van der Waals surface area contributed by atoms with Gasteiger partial charge < -0.3 is 30.1 Å². The Labute approximate surface area is 397 Å². The minimum atomic E-state index is -4.66. The largest absolute Gasteiger partial charge is 0.433 e. The van der Waals surface area contributed by atoms with Crippen LogP contribution in [-0.2, 0) is 32.4 Å². The third-order valence-electron chi connectivity index (χ3n) is 10.5. The molecule has 7 aromatic heterocycles. The molecule has 0 fully saturated rings. The van der Waals surface area contributed by atoms with Crippen molar-refractivity contribution < 1.29 is 50.0 Å². The molecule has 0 saturated heterocycles. The van der Waals surface area contributed by atoms with Crippen molar-refractivity contribution in [3.8, 4) is 0 Å². The molecule has 26 heteroatoms. The smallest absolute Gasteiger partial charge is 0.408 e. The van der Waals surface area contributed by atoms with E-state index in [0.29, 0.717) is 33.3 Å². The Bertz CT molecular complexity index is 3840. The van der Waals surface area contributed by atoms with Crippen LogP contribution in [0.2, 0.25) is 0 Å². The van der Waals surface area contributed by atoms with Crippen LogP contribution < -0.4 is 32.8 Å². The maximum Gasteiger partial charge on any atom is 0.433 e. The lowest BCUT2D eigenvalue weighted by Crippen LogP contribution is -2.28. The Morgan fingerprint density at radius 1 is 0.556 bits per heavy atom. The molecule has 0 bridgehead atoms. The van der Waals surface area contributed by atoms with Crippen LogP contribution in [0.5, 0.6) is 0 Å². The number of hydrogen-bond acceptors (Lipinski definition) is 13. The number of aromatic nitrogens is 9. The topological polar surface area (TPSA) is 282 Å². The van der Waals surface area contributed by atoms with E-state index in [1.54, 1.807) is 36.4 Å². The van der Waals surface area contributed by atoms with Crippen molar-refractivity contribution in [1.29, 1.82) is 0 Å². The Hall–Kier alpha value is -9.88. The molecule has 364 valence electrons. The molecule has 0 atom stereocenters. The van der Waals surface area contributed by atoms with E-state index in [-0.39, 0.29) is 60.2 Å². The Kier molecular flexibility index (Phi) is 12.9. The fourth-order valence-corrected chi connectivity index (χ4v) is 7.07. The predicted octanol–water partition coefficient (Wildman–Crippen LogP) is 4.74. The van der Waals surface area contributed by atoms with E-state index in [1.807, 2.05) is 30.3 Å². The van der Waals surface area contributed by atoms with Gasteiger partial charge in [0.15, 0.2) is 34.1 Å². The van der Waals surface area contributed by atoms with Crippen LogP contribution in [-0.4, -0.2) is 67.8 Å². The van der Waals surface area contributed by atoms with Gasteiger partial charge in [-0.25, -0.2) is 37.4 Å². The minimum absolute atomic E-state index is 0.00169. The van der Waals surface area contributed by atoms with Crippen LogP contribution in [0.3, 0.4) is 0 Å². The maximum absolute atomic E-state index is 14.3. The number of nitrogens with one attached hydrogen (secondary N) is 6. The van der Waals surface area contributed by atoms with E-state index >= 15 is 0 Å².